The number of hydrogen-bond acceptors (Lipinski definition) is 4. The fourth-order valence-electron chi connectivity index (χ4n) is 6.99. The van der Waals surface area contributed by atoms with E-state index in [-0.39, 0.29) is 29.3 Å². The zero-order valence-electron chi connectivity index (χ0n) is 23.9. The Kier molecular flexibility index (Phi) is 5.88. The number of likely N-dealkylation sites (N-methyl/N-ethyl adjacent to an activating group) is 1. The van der Waals surface area contributed by atoms with E-state index >= 15 is 0 Å². The molecule has 0 radical (unpaired) electrons. The lowest BCUT2D eigenvalue weighted by atomic mass is 9.73. The molecule has 40 heavy (non-hydrogen) atoms. The molecule has 0 saturated carbocycles. The van der Waals surface area contributed by atoms with Crippen molar-refractivity contribution in [1.29, 1.82) is 0 Å². The maximum Gasteiger partial charge on any atom is 0.261 e. The number of fused-ring (bicyclic) bond motifs is 2. The largest absolute Gasteiger partial charge is 0.340 e. The van der Waals surface area contributed by atoms with Crippen molar-refractivity contribution in [3.63, 3.8) is 0 Å². The van der Waals surface area contributed by atoms with Gasteiger partial charge >= 0.3 is 0 Å². The van der Waals surface area contributed by atoms with Gasteiger partial charge in [0.15, 0.2) is 0 Å². The van der Waals surface area contributed by atoms with Gasteiger partial charge in [0.2, 0.25) is 11.8 Å². The Labute approximate surface area is 234 Å². The van der Waals surface area contributed by atoms with Crippen LogP contribution in [0.1, 0.15) is 102 Å². The second-order valence-electron chi connectivity index (χ2n) is 12.1. The molecule has 1 heterocycles. The summed E-state index contributed by atoms with van der Waals surface area (Å²) >= 11 is 0. The minimum Gasteiger partial charge on any atom is -0.340 e. The molecule has 0 bridgehead atoms. The van der Waals surface area contributed by atoms with Gasteiger partial charge in [-0.2, -0.15) is 0 Å². The van der Waals surface area contributed by atoms with Gasteiger partial charge in [-0.1, -0.05) is 55.8 Å². The highest BCUT2D eigenvalue weighted by atomic mass is 16.2. The van der Waals surface area contributed by atoms with Crippen molar-refractivity contribution in [2.24, 2.45) is 0 Å². The fraction of sp³-hybridized carbons (Fsp3) is 0.353. The van der Waals surface area contributed by atoms with Gasteiger partial charge in [0.25, 0.3) is 5.91 Å². The fourth-order valence-corrected chi connectivity index (χ4v) is 6.99. The van der Waals surface area contributed by atoms with Crippen LogP contribution in [0.4, 0.5) is 0 Å². The summed E-state index contributed by atoms with van der Waals surface area (Å²) in [7, 11) is 1.84. The minimum atomic E-state index is -0.595. The lowest BCUT2D eigenvalue weighted by Crippen LogP contribution is -2.48. The highest BCUT2D eigenvalue weighted by Gasteiger charge is 2.42. The van der Waals surface area contributed by atoms with Crippen LogP contribution in [-0.4, -0.2) is 52.4 Å². The topological polar surface area (TPSA) is 74.8 Å². The standard InChI is InChI=1S/C34H34N2O4/c1-7-16-34(4,5)35(6)31(38)24-13-10-21-23-12-15-26-30-25(32(39)36(18(2)3)33(26)40)14-11-22(29(23)30)20-9-8-19(17-37)27(24)28(20)21/h8-15,17-18,24,26H,7,16H2,1-6H3. The summed E-state index contributed by atoms with van der Waals surface area (Å²) in [6.45, 7) is 9.96. The van der Waals surface area contributed by atoms with Crippen LogP contribution >= 0.6 is 0 Å². The van der Waals surface area contributed by atoms with E-state index in [1.807, 2.05) is 68.3 Å². The molecule has 2 atom stereocenters. The predicted octanol–water partition coefficient (Wildman–Crippen LogP) is 6.45. The number of nitrogens with zero attached hydrogens (tertiary/aromatic N) is 2. The third kappa shape index (κ3) is 3.41. The van der Waals surface area contributed by atoms with Crippen molar-refractivity contribution >= 4 is 57.7 Å². The first-order chi connectivity index (χ1) is 19.0. The number of amides is 3. The first-order valence-electron chi connectivity index (χ1n) is 14.1. The summed E-state index contributed by atoms with van der Waals surface area (Å²) in [5.41, 5.74) is 4.03. The molecule has 6 heteroatoms. The molecule has 0 spiro atoms. The number of imide groups is 1. The number of carbonyl (C=O) groups excluding carboxylic acids is 4. The molecule has 0 fully saturated rings. The van der Waals surface area contributed by atoms with E-state index in [0.717, 1.165) is 62.9 Å². The highest BCUT2D eigenvalue weighted by molar-refractivity contribution is 6.24. The first-order valence-corrected chi connectivity index (χ1v) is 14.1. The molecule has 204 valence electrons. The Hall–Kier alpha value is -4.06. The first kappa shape index (κ1) is 26.2. The third-order valence-electron chi connectivity index (χ3n) is 9.14. The van der Waals surface area contributed by atoms with E-state index in [2.05, 4.69) is 20.8 Å². The molecule has 1 aliphatic heterocycles. The highest BCUT2D eigenvalue weighted by Crippen LogP contribution is 2.49. The zero-order valence-corrected chi connectivity index (χ0v) is 23.9. The van der Waals surface area contributed by atoms with Gasteiger partial charge in [-0.3, -0.25) is 24.1 Å². The number of carbonyl (C=O) groups is 4. The van der Waals surface area contributed by atoms with Crippen LogP contribution in [0.25, 0.3) is 33.7 Å². The summed E-state index contributed by atoms with van der Waals surface area (Å²) < 4.78 is 0. The molecule has 6 nitrogen and oxygen atoms in total. The molecule has 0 aromatic heterocycles. The minimum absolute atomic E-state index is 0.0456. The van der Waals surface area contributed by atoms with Gasteiger partial charge < -0.3 is 4.90 Å². The van der Waals surface area contributed by atoms with E-state index in [4.69, 9.17) is 0 Å². The zero-order chi connectivity index (χ0) is 28.7. The Morgan fingerprint density at radius 1 is 1.00 bits per heavy atom. The lowest BCUT2D eigenvalue weighted by molar-refractivity contribution is -0.135. The summed E-state index contributed by atoms with van der Waals surface area (Å²) in [5, 5.41) is 3.61. The van der Waals surface area contributed by atoms with Crippen LogP contribution in [0.2, 0.25) is 0 Å². The average molecular weight is 535 g/mol. The Bertz CT molecular complexity index is 1730. The Morgan fingerprint density at radius 2 is 1.62 bits per heavy atom. The van der Waals surface area contributed by atoms with Crippen LogP contribution < -0.4 is 0 Å². The maximum atomic E-state index is 14.0. The smallest absolute Gasteiger partial charge is 0.261 e. The van der Waals surface area contributed by atoms with Gasteiger partial charge in [-0.15, -0.1) is 0 Å². The molecule has 0 N–H and O–H groups in total. The van der Waals surface area contributed by atoms with Gasteiger partial charge in [-0.05, 0) is 84.0 Å². The van der Waals surface area contributed by atoms with Gasteiger partial charge in [0.05, 0.1) is 11.8 Å². The van der Waals surface area contributed by atoms with Crippen LogP contribution in [-0.2, 0) is 9.59 Å². The van der Waals surface area contributed by atoms with E-state index in [1.54, 1.807) is 6.07 Å². The van der Waals surface area contributed by atoms with Crippen molar-refractivity contribution in [2.75, 3.05) is 7.05 Å². The van der Waals surface area contributed by atoms with Crippen molar-refractivity contribution in [3.05, 3.63) is 69.8 Å². The maximum absolute atomic E-state index is 14.0. The predicted molar refractivity (Wildman–Crippen MR) is 158 cm³/mol. The summed E-state index contributed by atoms with van der Waals surface area (Å²) in [6.07, 6.45) is 10.4. The van der Waals surface area contributed by atoms with Crippen molar-refractivity contribution in [3.8, 4) is 0 Å². The Morgan fingerprint density at radius 3 is 2.25 bits per heavy atom. The second-order valence-corrected chi connectivity index (χ2v) is 12.1. The van der Waals surface area contributed by atoms with Gasteiger partial charge in [0.1, 0.15) is 6.29 Å². The molecule has 0 saturated heterocycles. The van der Waals surface area contributed by atoms with E-state index in [9.17, 15) is 19.2 Å². The lowest BCUT2D eigenvalue weighted by Gasteiger charge is -2.39. The molecular formula is C34H34N2O4. The molecule has 3 aliphatic rings. The van der Waals surface area contributed by atoms with Gasteiger partial charge in [-0.25, -0.2) is 0 Å². The molecule has 3 amide bonds. The second kappa shape index (κ2) is 8.98. The monoisotopic (exact) mass is 534 g/mol. The molecule has 6 rings (SSSR count). The molecular weight excluding hydrogens is 500 g/mol. The van der Waals surface area contributed by atoms with E-state index in [0.29, 0.717) is 11.1 Å². The van der Waals surface area contributed by atoms with Crippen LogP contribution in [0, 0.1) is 0 Å². The van der Waals surface area contributed by atoms with E-state index < -0.39 is 11.8 Å². The van der Waals surface area contributed by atoms with Crippen LogP contribution in [0.5, 0.6) is 0 Å². The summed E-state index contributed by atoms with van der Waals surface area (Å²) in [6, 6.07) is 7.27. The number of aldehydes is 1. The normalized spacial score (nSPS) is 19.2. The third-order valence-corrected chi connectivity index (χ3v) is 9.14. The summed E-state index contributed by atoms with van der Waals surface area (Å²) in [4.78, 5) is 56.4. The van der Waals surface area contributed by atoms with Gasteiger partial charge in [0, 0.05) is 29.8 Å². The van der Waals surface area contributed by atoms with E-state index in [1.165, 1.54) is 4.90 Å². The van der Waals surface area contributed by atoms with Crippen molar-refractivity contribution < 1.29 is 19.2 Å². The molecule has 2 unspecified atom stereocenters. The van der Waals surface area contributed by atoms with Crippen LogP contribution in [0.15, 0.2) is 36.4 Å². The number of benzene rings is 3. The molecule has 2 aliphatic carbocycles. The van der Waals surface area contributed by atoms with Crippen molar-refractivity contribution in [2.45, 2.75) is 70.9 Å². The van der Waals surface area contributed by atoms with Crippen molar-refractivity contribution in [1.82, 2.24) is 9.80 Å². The number of rotatable bonds is 6. The molecule has 3 aromatic rings. The SMILES string of the molecule is CCCC(C)(C)N(C)C(=O)C1C=Cc2c3c4c5c(ccc4c4ccc(C=O)c1c24)C(=O)N(C(C)C)C(=O)C5C=C3. The van der Waals surface area contributed by atoms with Crippen LogP contribution in [0.3, 0.4) is 0 Å². The quantitative estimate of drug-likeness (QED) is 0.207. The molecule has 3 aromatic carbocycles. The number of hydrogen-bond donors (Lipinski definition) is 0. The average Bonchev–Trinajstić information content (AvgIpc) is 2.93. The summed E-state index contributed by atoms with van der Waals surface area (Å²) in [5.74, 6) is -1.63. The Balaban J connectivity index is 1.64.